The van der Waals surface area contributed by atoms with Gasteiger partial charge in [-0.3, -0.25) is 9.59 Å². The molecule has 3 rings (SSSR count). The lowest BCUT2D eigenvalue weighted by Crippen LogP contribution is -2.22. The van der Waals surface area contributed by atoms with Crippen molar-refractivity contribution in [3.05, 3.63) is 81.8 Å². The van der Waals surface area contributed by atoms with Gasteiger partial charge in [-0.2, -0.15) is 0 Å². The van der Waals surface area contributed by atoms with Crippen LogP contribution in [0.1, 0.15) is 38.9 Å². The van der Waals surface area contributed by atoms with Gasteiger partial charge in [0.05, 0.1) is 17.7 Å². The molecule has 0 radical (unpaired) electrons. The highest BCUT2D eigenvalue weighted by molar-refractivity contribution is 6.17. The fourth-order valence-corrected chi connectivity index (χ4v) is 3.37. The van der Waals surface area contributed by atoms with E-state index in [1.54, 1.807) is 60.4 Å². The molecule has 0 saturated heterocycles. The van der Waals surface area contributed by atoms with E-state index in [0.717, 1.165) is 0 Å². The zero-order valence-electron chi connectivity index (χ0n) is 16.2. The van der Waals surface area contributed by atoms with Crippen LogP contribution < -0.4 is 5.43 Å². The molecule has 0 N–H and O–H groups in total. The molecule has 0 spiro atoms. The predicted molar refractivity (Wildman–Crippen MR) is 108 cm³/mol. The maximum absolute atomic E-state index is 13.2. The topological polar surface area (TPSA) is 70.3 Å². The number of nitrogens with zero attached hydrogens (tertiary/aromatic N) is 2. The largest absolute Gasteiger partial charge is 0.462 e. The lowest BCUT2D eigenvalue weighted by Gasteiger charge is -2.11. The van der Waals surface area contributed by atoms with Crippen LogP contribution in [0.4, 0.5) is 0 Å². The number of carbonyl (C=O) groups excluding carboxylic acids is 2. The molecule has 144 valence electrons. The zero-order chi connectivity index (χ0) is 20.4. The third-order valence-electron chi connectivity index (χ3n) is 4.78. The molecule has 28 heavy (non-hydrogen) atoms. The highest BCUT2D eigenvalue weighted by atomic mass is 16.5. The second-order valence-corrected chi connectivity index (χ2v) is 6.45. The Labute approximate surface area is 162 Å². The molecule has 0 aliphatic carbocycles. The minimum atomic E-state index is -0.679. The maximum Gasteiger partial charge on any atom is 0.343 e. The van der Waals surface area contributed by atoms with Gasteiger partial charge in [-0.25, -0.2) is 4.79 Å². The fourth-order valence-electron chi connectivity index (χ4n) is 3.37. The smallest absolute Gasteiger partial charge is 0.343 e. The van der Waals surface area contributed by atoms with E-state index in [1.807, 2.05) is 6.07 Å². The summed E-state index contributed by atoms with van der Waals surface area (Å²) in [6.07, 6.45) is 3.10. The van der Waals surface area contributed by atoms with E-state index in [0.29, 0.717) is 34.4 Å². The Morgan fingerprint density at radius 3 is 2.46 bits per heavy atom. The van der Waals surface area contributed by atoms with Gasteiger partial charge in [-0.15, -0.1) is 6.58 Å². The number of pyridine rings is 1. The molecule has 0 saturated carbocycles. The first-order chi connectivity index (χ1) is 13.4. The van der Waals surface area contributed by atoms with Crippen molar-refractivity contribution < 1.29 is 14.3 Å². The molecule has 2 aromatic heterocycles. The maximum atomic E-state index is 13.2. The monoisotopic (exact) mass is 378 g/mol. The fraction of sp³-hybridized carbons (Fsp3) is 0.227. The van der Waals surface area contributed by atoms with E-state index in [-0.39, 0.29) is 18.0 Å². The molecule has 3 aromatic rings. The Morgan fingerprint density at radius 1 is 1.18 bits per heavy atom. The minimum absolute atomic E-state index is 0.0597. The van der Waals surface area contributed by atoms with Gasteiger partial charge >= 0.3 is 5.97 Å². The number of carbonyl (C=O) groups is 2. The summed E-state index contributed by atoms with van der Waals surface area (Å²) in [5.74, 6) is -0.855. The third-order valence-corrected chi connectivity index (χ3v) is 4.78. The Kier molecular flexibility index (Phi) is 5.31. The van der Waals surface area contributed by atoms with Crippen LogP contribution in [0.15, 0.2) is 54.0 Å². The van der Waals surface area contributed by atoms with Crippen LogP contribution in [0.25, 0.3) is 11.0 Å². The van der Waals surface area contributed by atoms with Crippen LogP contribution in [0.5, 0.6) is 0 Å². The predicted octanol–water partition coefficient (Wildman–Crippen LogP) is 3.24. The summed E-state index contributed by atoms with van der Waals surface area (Å²) in [5.41, 5.74) is 1.90. The number of aryl methyl sites for hydroxylation is 1. The zero-order valence-corrected chi connectivity index (χ0v) is 16.2. The van der Waals surface area contributed by atoms with E-state index in [1.165, 1.54) is 6.20 Å². The van der Waals surface area contributed by atoms with Crippen LogP contribution in [0, 0.1) is 6.92 Å². The lowest BCUT2D eigenvalue weighted by atomic mass is 10.0. The number of hydrogen-bond donors (Lipinski definition) is 0. The average molecular weight is 378 g/mol. The van der Waals surface area contributed by atoms with E-state index < -0.39 is 11.4 Å². The summed E-state index contributed by atoms with van der Waals surface area (Å²) < 4.78 is 8.40. The van der Waals surface area contributed by atoms with Crippen molar-refractivity contribution in [2.24, 2.45) is 7.05 Å². The SMILES string of the molecule is C=CCn1cc(C(=O)OCC)c(=O)c2c1c(C(=O)c1ccccc1)c(C)n2C. The first-order valence-corrected chi connectivity index (χ1v) is 9.02. The average Bonchev–Trinajstić information content (AvgIpc) is 2.96. The Balaban J connectivity index is 2.39. The van der Waals surface area contributed by atoms with Gasteiger partial charge in [0.15, 0.2) is 5.78 Å². The normalized spacial score (nSPS) is 10.8. The quantitative estimate of drug-likeness (QED) is 0.375. The number of allylic oxidation sites excluding steroid dienone is 1. The third kappa shape index (κ3) is 3.07. The Hall–Kier alpha value is -3.41. The molecule has 0 aliphatic rings. The van der Waals surface area contributed by atoms with Crippen molar-refractivity contribution in [1.82, 2.24) is 9.13 Å². The summed E-state index contributed by atoms with van der Waals surface area (Å²) >= 11 is 0. The van der Waals surface area contributed by atoms with Gasteiger partial charge in [-0.05, 0) is 13.8 Å². The molecular weight excluding hydrogens is 356 g/mol. The van der Waals surface area contributed by atoms with E-state index >= 15 is 0 Å². The Morgan fingerprint density at radius 2 is 1.86 bits per heavy atom. The molecule has 6 heteroatoms. The van der Waals surface area contributed by atoms with Crippen LogP contribution in [-0.2, 0) is 18.3 Å². The number of aromatic nitrogens is 2. The summed E-state index contributed by atoms with van der Waals surface area (Å²) in [6, 6.07) is 8.91. The molecule has 0 bridgehead atoms. The second kappa shape index (κ2) is 7.68. The highest BCUT2D eigenvalue weighted by Crippen LogP contribution is 2.26. The summed E-state index contributed by atoms with van der Waals surface area (Å²) in [5, 5.41) is 0. The number of ether oxygens (including phenoxy) is 1. The number of rotatable bonds is 6. The van der Waals surface area contributed by atoms with Crippen molar-refractivity contribution in [3.8, 4) is 0 Å². The first-order valence-electron chi connectivity index (χ1n) is 9.02. The van der Waals surface area contributed by atoms with E-state index in [9.17, 15) is 14.4 Å². The summed E-state index contributed by atoms with van der Waals surface area (Å²) in [7, 11) is 1.72. The van der Waals surface area contributed by atoms with E-state index in [4.69, 9.17) is 4.74 Å². The molecule has 0 unspecified atom stereocenters. The van der Waals surface area contributed by atoms with Crippen LogP contribution >= 0.6 is 0 Å². The number of esters is 1. The number of fused-ring (bicyclic) bond motifs is 1. The second-order valence-electron chi connectivity index (χ2n) is 6.45. The number of ketones is 1. The summed E-state index contributed by atoms with van der Waals surface area (Å²) in [6.45, 7) is 7.73. The molecule has 1 aromatic carbocycles. The van der Waals surface area contributed by atoms with Crippen molar-refractivity contribution in [1.29, 1.82) is 0 Å². The lowest BCUT2D eigenvalue weighted by molar-refractivity contribution is 0.0524. The molecule has 2 heterocycles. The molecule has 0 aliphatic heterocycles. The van der Waals surface area contributed by atoms with Crippen molar-refractivity contribution in [2.75, 3.05) is 6.61 Å². The minimum Gasteiger partial charge on any atom is -0.462 e. The van der Waals surface area contributed by atoms with Gasteiger partial charge in [0.1, 0.15) is 11.1 Å². The van der Waals surface area contributed by atoms with Gasteiger partial charge in [0.2, 0.25) is 5.43 Å². The van der Waals surface area contributed by atoms with Gasteiger partial charge < -0.3 is 13.9 Å². The molecule has 6 nitrogen and oxygen atoms in total. The first kappa shape index (κ1) is 19.4. The molecule has 0 fully saturated rings. The number of hydrogen-bond acceptors (Lipinski definition) is 4. The standard InChI is InChI=1S/C22H22N2O4/c1-5-12-24-13-16(22(27)28-6-2)21(26)19-18(24)17(14(3)23(19)4)20(25)15-10-8-7-9-11-15/h5,7-11,13H,1,6,12H2,2-4H3. The molecular formula is C22H22N2O4. The van der Waals surface area contributed by atoms with Crippen molar-refractivity contribution in [2.45, 2.75) is 20.4 Å². The van der Waals surface area contributed by atoms with Gasteiger partial charge in [0.25, 0.3) is 0 Å². The van der Waals surface area contributed by atoms with Crippen LogP contribution in [0.3, 0.4) is 0 Å². The van der Waals surface area contributed by atoms with Gasteiger partial charge in [0, 0.05) is 31.0 Å². The molecule has 0 amide bonds. The van der Waals surface area contributed by atoms with Gasteiger partial charge in [-0.1, -0.05) is 36.4 Å². The van der Waals surface area contributed by atoms with Crippen LogP contribution in [0.2, 0.25) is 0 Å². The number of benzene rings is 1. The Bertz CT molecular complexity index is 1140. The van der Waals surface area contributed by atoms with Crippen molar-refractivity contribution >= 4 is 22.8 Å². The molecule has 0 atom stereocenters. The van der Waals surface area contributed by atoms with Crippen molar-refractivity contribution in [3.63, 3.8) is 0 Å². The summed E-state index contributed by atoms with van der Waals surface area (Å²) in [4.78, 5) is 38.6. The van der Waals surface area contributed by atoms with Crippen LogP contribution in [-0.4, -0.2) is 27.5 Å². The van der Waals surface area contributed by atoms with E-state index in [2.05, 4.69) is 6.58 Å². The highest BCUT2D eigenvalue weighted by Gasteiger charge is 2.26.